The predicted octanol–water partition coefficient (Wildman–Crippen LogP) is 0.870. The second kappa shape index (κ2) is 2.74. The van der Waals surface area contributed by atoms with Gasteiger partial charge < -0.3 is 4.74 Å². The van der Waals surface area contributed by atoms with Crippen molar-refractivity contribution >= 4 is 23.5 Å². The Balaban J connectivity index is 2.02. The molecule has 4 heteroatoms. The van der Waals surface area contributed by atoms with Crippen LogP contribution in [-0.4, -0.2) is 29.9 Å². The maximum absolute atomic E-state index is 11.3. The van der Waals surface area contributed by atoms with Gasteiger partial charge in [0.2, 0.25) is 0 Å². The number of ketones is 1. The zero-order valence-electron chi connectivity index (χ0n) is 7.70. The van der Waals surface area contributed by atoms with Crippen LogP contribution in [0, 0.1) is 11.3 Å². The van der Waals surface area contributed by atoms with E-state index in [-0.39, 0.29) is 17.3 Å². The number of carbonyl (C=O) groups is 2. The molecule has 2 fully saturated rings. The Bertz CT molecular complexity index is 276. The molecule has 2 aliphatic rings. The minimum Gasteiger partial charge on any atom is -0.469 e. The highest BCUT2D eigenvalue weighted by Gasteiger charge is 2.68. The summed E-state index contributed by atoms with van der Waals surface area (Å²) in [4.78, 5) is 22.4. The van der Waals surface area contributed by atoms with Crippen LogP contribution in [-0.2, 0) is 14.3 Å². The van der Waals surface area contributed by atoms with Crippen LogP contribution in [0.4, 0.5) is 0 Å². The fourth-order valence-corrected chi connectivity index (χ4v) is 3.91. The van der Waals surface area contributed by atoms with Gasteiger partial charge in [-0.3, -0.25) is 9.59 Å². The summed E-state index contributed by atoms with van der Waals surface area (Å²) in [5.74, 6) is 0.856. The van der Waals surface area contributed by atoms with Crippen LogP contribution < -0.4 is 0 Å². The third-order valence-corrected chi connectivity index (χ3v) is 4.68. The van der Waals surface area contributed by atoms with E-state index in [4.69, 9.17) is 0 Å². The summed E-state index contributed by atoms with van der Waals surface area (Å²) < 4.78 is 4.61. The Morgan fingerprint density at radius 1 is 1.77 bits per heavy atom. The fraction of sp³-hybridized carbons (Fsp3) is 0.778. The molecule has 1 aliphatic carbocycles. The van der Waals surface area contributed by atoms with E-state index in [0.717, 1.165) is 0 Å². The van der Waals surface area contributed by atoms with E-state index < -0.39 is 0 Å². The SMILES string of the molecule is COC(=O)C[C@@]1(C)[C@@H]2SCC(=O)[C@@H]21. The van der Waals surface area contributed by atoms with Gasteiger partial charge in [-0.25, -0.2) is 0 Å². The van der Waals surface area contributed by atoms with Crippen molar-refractivity contribution in [2.45, 2.75) is 18.6 Å². The van der Waals surface area contributed by atoms with Crippen molar-refractivity contribution in [1.29, 1.82) is 0 Å². The quantitative estimate of drug-likeness (QED) is 0.620. The second-order valence-corrected chi connectivity index (χ2v) is 5.06. The summed E-state index contributed by atoms with van der Waals surface area (Å²) in [6.07, 6.45) is 0.386. The van der Waals surface area contributed by atoms with Crippen LogP contribution in [0.1, 0.15) is 13.3 Å². The van der Waals surface area contributed by atoms with E-state index in [1.54, 1.807) is 11.8 Å². The summed E-state index contributed by atoms with van der Waals surface area (Å²) in [6.45, 7) is 2.00. The summed E-state index contributed by atoms with van der Waals surface area (Å²) in [5.41, 5.74) is -0.104. The van der Waals surface area contributed by atoms with Crippen molar-refractivity contribution in [3.05, 3.63) is 0 Å². The molecule has 3 nitrogen and oxygen atoms in total. The Morgan fingerprint density at radius 2 is 2.46 bits per heavy atom. The molecule has 0 aromatic heterocycles. The van der Waals surface area contributed by atoms with Crippen LogP contribution in [0.25, 0.3) is 0 Å². The maximum atomic E-state index is 11.3. The van der Waals surface area contributed by atoms with Gasteiger partial charge in [-0.1, -0.05) is 6.92 Å². The number of Topliss-reactive ketones (excluding diaryl/α,β-unsaturated/α-hetero) is 1. The average Bonchev–Trinajstić information content (AvgIpc) is 2.44. The monoisotopic (exact) mass is 200 g/mol. The van der Waals surface area contributed by atoms with Gasteiger partial charge in [0.1, 0.15) is 5.78 Å². The first-order valence-electron chi connectivity index (χ1n) is 4.31. The molecule has 3 atom stereocenters. The second-order valence-electron chi connectivity index (χ2n) is 3.93. The number of rotatable bonds is 2. The molecule has 1 heterocycles. The predicted molar refractivity (Wildman–Crippen MR) is 49.5 cm³/mol. The number of thioether (sulfide) groups is 1. The van der Waals surface area contributed by atoms with Gasteiger partial charge in [0, 0.05) is 16.6 Å². The first-order valence-corrected chi connectivity index (χ1v) is 5.35. The van der Waals surface area contributed by atoms with Crippen LogP contribution in [0.5, 0.6) is 0 Å². The number of ether oxygens (including phenoxy) is 1. The van der Waals surface area contributed by atoms with Gasteiger partial charge in [-0.05, 0) is 0 Å². The summed E-state index contributed by atoms with van der Waals surface area (Å²) >= 11 is 1.68. The first-order chi connectivity index (χ1) is 6.09. The van der Waals surface area contributed by atoms with Crippen molar-refractivity contribution in [2.24, 2.45) is 11.3 Å². The number of hydrogen-bond donors (Lipinski definition) is 0. The lowest BCUT2D eigenvalue weighted by Crippen LogP contribution is -2.16. The number of methoxy groups -OCH3 is 1. The number of hydrogen-bond acceptors (Lipinski definition) is 4. The third kappa shape index (κ3) is 1.19. The van der Waals surface area contributed by atoms with E-state index in [0.29, 0.717) is 23.2 Å². The molecule has 0 amide bonds. The van der Waals surface area contributed by atoms with Gasteiger partial charge in [-0.15, -0.1) is 11.8 Å². The molecule has 2 rings (SSSR count). The Morgan fingerprint density at radius 3 is 2.92 bits per heavy atom. The topological polar surface area (TPSA) is 43.4 Å². The highest BCUT2D eigenvalue weighted by Crippen LogP contribution is 2.65. The molecular weight excluding hydrogens is 188 g/mol. The fourth-order valence-electron chi connectivity index (χ4n) is 2.20. The van der Waals surface area contributed by atoms with E-state index in [9.17, 15) is 9.59 Å². The van der Waals surface area contributed by atoms with Crippen molar-refractivity contribution in [2.75, 3.05) is 12.9 Å². The molecule has 0 spiro atoms. The zero-order chi connectivity index (χ0) is 9.64. The van der Waals surface area contributed by atoms with E-state index >= 15 is 0 Å². The molecule has 1 aliphatic heterocycles. The molecule has 0 N–H and O–H groups in total. The number of carbonyl (C=O) groups excluding carboxylic acids is 2. The molecular formula is C9H12O3S. The Hall–Kier alpha value is -0.510. The molecule has 13 heavy (non-hydrogen) atoms. The summed E-state index contributed by atoms with van der Waals surface area (Å²) in [7, 11) is 1.39. The van der Waals surface area contributed by atoms with Crippen molar-refractivity contribution in [1.82, 2.24) is 0 Å². The largest absolute Gasteiger partial charge is 0.469 e. The van der Waals surface area contributed by atoms with Crippen LogP contribution in [0.2, 0.25) is 0 Å². The molecule has 72 valence electrons. The van der Waals surface area contributed by atoms with E-state index in [1.807, 2.05) is 6.92 Å². The average molecular weight is 200 g/mol. The summed E-state index contributed by atoms with van der Waals surface area (Å²) in [5, 5.41) is 0.374. The lowest BCUT2D eigenvalue weighted by atomic mass is 10.0. The van der Waals surface area contributed by atoms with Crippen molar-refractivity contribution < 1.29 is 14.3 Å². The highest BCUT2D eigenvalue weighted by molar-refractivity contribution is 8.01. The third-order valence-electron chi connectivity index (χ3n) is 3.06. The van der Waals surface area contributed by atoms with E-state index in [1.165, 1.54) is 7.11 Å². The minimum absolute atomic E-state index is 0.104. The normalized spacial score (nSPS) is 41.5. The van der Waals surface area contributed by atoms with E-state index in [2.05, 4.69) is 4.74 Å². The van der Waals surface area contributed by atoms with Gasteiger partial charge >= 0.3 is 5.97 Å². The van der Waals surface area contributed by atoms with Crippen LogP contribution in [0.15, 0.2) is 0 Å². The standard InChI is InChI=1S/C9H12O3S/c1-9(3-6(11)12-2)7-5(10)4-13-8(7)9/h7-8H,3-4H2,1-2H3/t7-,8+,9+/m0/s1. The Kier molecular flexibility index (Phi) is 1.91. The lowest BCUT2D eigenvalue weighted by molar-refractivity contribution is -0.142. The number of fused-ring (bicyclic) bond motifs is 1. The first kappa shape index (κ1) is 9.06. The molecule has 1 saturated carbocycles. The van der Waals surface area contributed by atoms with Crippen LogP contribution >= 0.6 is 11.8 Å². The van der Waals surface area contributed by atoms with Gasteiger partial charge in [0.05, 0.1) is 19.3 Å². The van der Waals surface area contributed by atoms with Crippen LogP contribution in [0.3, 0.4) is 0 Å². The molecule has 0 radical (unpaired) electrons. The zero-order valence-corrected chi connectivity index (χ0v) is 8.52. The molecule has 0 aromatic carbocycles. The maximum Gasteiger partial charge on any atom is 0.306 e. The van der Waals surface area contributed by atoms with Crippen molar-refractivity contribution in [3.63, 3.8) is 0 Å². The van der Waals surface area contributed by atoms with Gasteiger partial charge in [-0.2, -0.15) is 0 Å². The molecule has 0 unspecified atom stereocenters. The molecule has 0 bridgehead atoms. The smallest absolute Gasteiger partial charge is 0.306 e. The summed E-state index contributed by atoms with van der Waals surface area (Å²) in [6, 6.07) is 0. The molecule has 1 saturated heterocycles. The van der Waals surface area contributed by atoms with Crippen molar-refractivity contribution in [3.8, 4) is 0 Å². The lowest BCUT2D eigenvalue weighted by Gasteiger charge is -2.11. The van der Waals surface area contributed by atoms with Gasteiger partial charge in [0.15, 0.2) is 0 Å². The number of esters is 1. The highest BCUT2D eigenvalue weighted by atomic mass is 32.2. The Labute approximate surface area is 81.2 Å². The minimum atomic E-state index is -0.203. The molecule has 0 aromatic rings. The van der Waals surface area contributed by atoms with Gasteiger partial charge in [0.25, 0.3) is 0 Å².